The summed E-state index contributed by atoms with van der Waals surface area (Å²) in [7, 11) is 1.73. The second-order valence-corrected chi connectivity index (χ2v) is 5.51. The Morgan fingerprint density at radius 3 is 2.68 bits per heavy atom. The van der Waals surface area contributed by atoms with Gasteiger partial charge in [-0.1, -0.05) is 6.07 Å². The minimum Gasteiger partial charge on any atom is -0.380 e. The number of anilines is 2. The number of hydrogen-bond donors (Lipinski definition) is 2. The van der Waals surface area contributed by atoms with Crippen LogP contribution in [0.2, 0.25) is 0 Å². The van der Waals surface area contributed by atoms with Gasteiger partial charge < -0.3 is 20.3 Å². The summed E-state index contributed by atoms with van der Waals surface area (Å²) < 4.78 is 5.31. The molecule has 2 amide bonds. The molecule has 0 spiro atoms. The molecule has 2 rings (SSSR count). The summed E-state index contributed by atoms with van der Waals surface area (Å²) in [6.45, 7) is 4.05. The van der Waals surface area contributed by atoms with E-state index in [2.05, 4.69) is 15.5 Å². The van der Waals surface area contributed by atoms with Crippen molar-refractivity contribution in [2.24, 2.45) is 0 Å². The molecule has 120 valence electrons. The monoisotopic (exact) mass is 305 g/mol. The van der Waals surface area contributed by atoms with Crippen LogP contribution in [0.25, 0.3) is 0 Å². The molecule has 1 saturated heterocycles. The molecule has 1 atom stereocenters. The van der Waals surface area contributed by atoms with E-state index in [0.717, 1.165) is 26.1 Å². The molecule has 6 heteroatoms. The summed E-state index contributed by atoms with van der Waals surface area (Å²) in [4.78, 5) is 25.3. The highest BCUT2D eigenvalue weighted by molar-refractivity contribution is 5.93. The number of amides is 2. The molecular formula is C16H23N3O3. The first-order valence-corrected chi connectivity index (χ1v) is 7.49. The number of methoxy groups -OCH3 is 1. The Hall–Kier alpha value is -1.92. The molecule has 0 bridgehead atoms. The molecule has 1 aliphatic rings. The lowest BCUT2D eigenvalue weighted by atomic mass is 10.2. The van der Waals surface area contributed by atoms with Crippen LogP contribution in [0.1, 0.15) is 19.8 Å². The first-order valence-electron chi connectivity index (χ1n) is 7.49. The van der Waals surface area contributed by atoms with E-state index in [-0.39, 0.29) is 17.9 Å². The van der Waals surface area contributed by atoms with Crippen molar-refractivity contribution in [3.05, 3.63) is 24.3 Å². The average molecular weight is 305 g/mol. The maximum atomic E-state index is 12.0. The number of carbonyl (C=O) groups excluding carboxylic acids is 2. The minimum atomic E-state index is -0.134. The number of rotatable bonds is 6. The number of benzene rings is 1. The number of likely N-dealkylation sites (tertiary alicyclic amines) is 1. The first-order chi connectivity index (χ1) is 10.6. The predicted octanol–water partition coefficient (Wildman–Crippen LogP) is 1.69. The molecule has 1 aromatic rings. The van der Waals surface area contributed by atoms with Gasteiger partial charge in [-0.05, 0) is 24.6 Å². The second kappa shape index (κ2) is 7.91. The molecule has 1 fully saturated rings. The zero-order chi connectivity index (χ0) is 15.9. The highest BCUT2D eigenvalue weighted by atomic mass is 16.5. The normalized spacial score (nSPS) is 18.2. The lowest BCUT2D eigenvalue weighted by Gasteiger charge is -2.15. The molecule has 1 aliphatic heterocycles. The molecule has 2 N–H and O–H groups in total. The number of nitrogens with one attached hydrogen (secondary N) is 2. The fourth-order valence-electron chi connectivity index (χ4n) is 2.55. The van der Waals surface area contributed by atoms with Crippen molar-refractivity contribution in [2.45, 2.75) is 25.9 Å². The molecular weight excluding hydrogens is 282 g/mol. The smallest absolute Gasteiger partial charge is 0.225 e. The van der Waals surface area contributed by atoms with Crippen molar-refractivity contribution in [1.82, 2.24) is 4.90 Å². The molecule has 6 nitrogen and oxygen atoms in total. The van der Waals surface area contributed by atoms with Gasteiger partial charge in [-0.25, -0.2) is 0 Å². The van der Waals surface area contributed by atoms with Crippen molar-refractivity contribution < 1.29 is 14.3 Å². The van der Waals surface area contributed by atoms with Gasteiger partial charge in [-0.3, -0.25) is 9.59 Å². The second-order valence-electron chi connectivity index (χ2n) is 5.51. The largest absolute Gasteiger partial charge is 0.380 e. The fourth-order valence-corrected chi connectivity index (χ4v) is 2.55. The van der Waals surface area contributed by atoms with E-state index >= 15 is 0 Å². The highest BCUT2D eigenvalue weighted by Crippen LogP contribution is 2.16. The summed E-state index contributed by atoms with van der Waals surface area (Å²) in [6.07, 6.45) is 1.76. The van der Waals surface area contributed by atoms with Crippen LogP contribution in [0, 0.1) is 0 Å². The van der Waals surface area contributed by atoms with E-state index in [1.165, 1.54) is 6.92 Å². The number of ether oxygens (including phenoxy) is 1. The molecule has 0 aromatic heterocycles. The average Bonchev–Trinajstić information content (AvgIpc) is 2.93. The zero-order valence-corrected chi connectivity index (χ0v) is 13.1. The van der Waals surface area contributed by atoms with Crippen LogP contribution in [-0.4, -0.2) is 49.6 Å². The van der Waals surface area contributed by atoms with E-state index in [0.29, 0.717) is 17.8 Å². The maximum Gasteiger partial charge on any atom is 0.225 e. The highest BCUT2D eigenvalue weighted by Gasteiger charge is 2.22. The molecule has 0 saturated carbocycles. The minimum absolute atomic E-state index is 0.0270. The third-order valence-corrected chi connectivity index (χ3v) is 3.68. The lowest BCUT2D eigenvalue weighted by Crippen LogP contribution is -2.27. The van der Waals surface area contributed by atoms with Gasteiger partial charge in [0, 0.05) is 51.5 Å². The Morgan fingerprint density at radius 2 is 2.05 bits per heavy atom. The molecule has 0 aliphatic carbocycles. The van der Waals surface area contributed by atoms with Gasteiger partial charge in [0.15, 0.2) is 0 Å². The molecule has 1 heterocycles. The Labute approximate surface area is 130 Å². The third kappa shape index (κ3) is 5.13. The summed E-state index contributed by atoms with van der Waals surface area (Å²) >= 11 is 0. The van der Waals surface area contributed by atoms with Crippen LogP contribution in [0.4, 0.5) is 11.4 Å². The van der Waals surface area contributed by atoms with Crippen LogP contribution < -0.4 is 10.6 Å². The molecule has 1 aromatic carbocycles. The Kier molecular flexibility index (Phi) is 5.91. The zero-order valence-electron chi connectivity index (χ0n) is 13.1. The van der Waals surface area contributed by atoms with Crippen molar-refractivity contribution in [1.29, 1.82) is 0 Å². The standard InChI is InChI=1S/C16H23N3O3/c1-12(20)17-13-4-3-5-14(10-13)18-16(21)7-9-19-8-6-15(11-19)22-2/h3-5,10,15H,6-9,11H2,1-2H3,(H,17,20)(H,18,21)/t15-/m0/s1. The van der Waals surface area contributed by atoms with Crippen molar-refractivity contribution >= 4 is 23.2 Å². The van der Waals surface area contributed by atoms with E-state index in [1.807, 2.05) is 0 Å². The van der Waals surface area contributed by atoms with Crippen molar-refractivity contribution in [2.75, 3.05) is 37.4 Å². The summed E-state index contributed by atoms with van der Waals surface area (Å²) in [5.74, 6) is -0.161. The van der Waals surface area contributed by atoms with Crippen LogP contribution >= 0.6 is 0 Å². The summed E-state index contributed by atoms with van der Waals surface area (Å²) in [5.41, 5.74) is 1.36. The van der Waals surface area contributed by atoms with Gasteiger partial charge in [-0.15, -0.1) is 0 Å². The quantitative estimate of drug-likeness (QED) is 0.839. The Bertz CT molecular complexity index is 533. The number of carbonyl (C=O) groups is 2. The third-order valence-electron chi connectivity index (χ3n) is 3.68. The van der Waals surface area contributed by atoms with E-state index in [4.69, 9.17) is 4.74 Å². The Morgan fingerprint density at radius 1 is 1.32 bits per heavy atom. The SMILES string of the molecule is CO[C@H]1CCN(CCC(=O)Nc2cccc(NC(C)=O)c2)C1. The van der Waals surface area contributed by atoms with Crippen LogP contribution in [0.3, 0.4) is 0 Å². The number of nitrogens with zero attached hydrogens (tertiary/aromatic N) is 1. The van der Waals surface area contributed by atoms with Crippen LogP contribution in [-0.2, 0) is 14.3 Å². The lowest BCUT2D eigenvalue weighted by molar-refractivity contribution is -0.116. The topological polar surface area (TPSA) is 70.7 Å². The summed E-state index contributed by atoms with van der Waals surface area (Å²) in [5, 5.41) is 5.55. The van der Waals surface area contributed by atoms with E-state index < -0.39 is 0 Å². The maximum absolute atomic E-state index is 12.0. The van der Waals surface area contributed by atoms with Crippen molar-refractivity contribution in [3.8, 4) is 0 Å². The van der Waals surface area contributed by atoms with Gasteiger partial charge >= 0.3 is 0 Å². The first kappa shape index (κ1) is 16.5. The van der Waals surface area contributed by atoms with Gasteiger partial charge in [0.2, 0.25) is 11.8 Å². The molecule has 0 unspecified atom stereocenters. The van der Waals surface area contributed by atoms with Crippen LogP contribution in [0.5, 0.6) is 0 Å². The summed E-state index contributed by atoms with van der Waals surface area (Å²) in [6, 6.07) is 7.13. The van der Waals surface area contributed by atoms with Gasteiger partial charge in [-0.2, -0.15) is 0 Å². The number of hydrogen-bond acceptors (Lipinski definition) is 4. The van der Waals surface area contributed by atoms with Crippen LogP contribution in [0.15, 0.2) is 24.3 Å². The predicted molar refractivity (Wildman–Crippen MR) is 85.8 cm³/mol. The van der Waals surface area contributed by atoms with E-state index in [9.17, 15) is 9.59 Å². The molecule has 0 radical (unpaired) electrons. The van der Waals surface area contributed by atoms with E-state index in [1.54, 1.807) is 31.4 Å². The Balaban J connectivity index is 1.78. The fraction of sp³-hybridized carbons (Fsp3) is 0.500. The van der Waals surface area contributed by atoms with Gasteiger partial charge in [0.05, 0.1) is 6.10 Å². The van der Waals surface area contributed by atoms with Gasteiger partial charge in [0.1, 0.15) is 0 Å². The van der Waals surface area contributed by atoms with Gasteiger partial charge in [0.25, 0.3) is 0 Å². The van der Waals surface area contributed by atoms with Crippen molar-refractivity contribution in [3.63, 3.8) is 0 Å². The molecule has 22 heavy (non-hydrogen) atoms.